The van der Waals surface area contributed by atoms with E-state index in [1.807, 2.05) is 6.07 Å². The van der Waals surface area contributed by atoms with Crippen LogP contribution < -0.4 is 10.5 Å². The molecule has 0 aromatic heterocycles. The smallest absolute Gasteiger partial charge is 0.192 e. The summed E-state index contributed by atoms with van der Waals surface area (Å²) in [6, 6.07) is 6.23. The fourth-order valence-corrected chi connectivity index (χ4v) is 2.64. The van der Waals surface area contributed by atoms with Gasteiger partial charge in [0.1, 0.15) is 5.75 Å². The van der Waals surface area contributed by atoms with E-state index in [4.69, 9.17) is 10.5 Å². The van der Waals surface area contributed by atoms with Gasteiger partial charge in [0.2, 0.25) is 0 Å². The minimum absolute atomic E-state index is 0.212. The van der Waals surface area contributed by atoms with Crippen molar-refractivity contribution in [1.29, 1.82) is 0 Å². The molecule has 0 bridgehead atoms. The lowest BCUT2D eigenvalue weighted by molar-refractivity contribution is 0.227. The summed E-state index contributed by atoms with van der Waals surface area (Å²) < 4.78 is 5.49. The Bertz CT molecular complexity index is 484. The van der Waals surface area contributed by atoms with Gasteiger partial charge in [0.05, 0.1) is 19.2 Å². The number of ether oxygens (including phenoxy) is 1. The number of nitrogens with two attached hydrogens (primary N) is 1. The summed E-state index contributed by atoms with van der Waals surface area (Å²) in [6.07, 6.45) is 0. The van der Waals surface area contributed by atoms with Gasteiger partial charge in [-0.3, -0.25) is 4.99 Å². The fraction of sp³-hybridized carbons (Fsp3) is 0.500. The average Bonchev–Trinajstić information content (AvgIpc) is 2.66. The molecule has 4 heteroatoms. The highest BCUT2D eigenvalue weighted by molar-refractivity contribution is 5.81. The molecular formula is C14H21N3O. The number of rotatable bonds is 3. The van der Waals surface area contributed by atoms with Crippen LogP contribution in [0.2, 0.25) is 0 Å². The molecule has 1 aromatic carbocycles. The van der Waals surface area contributed by atoms with Crippen molar-refractivity contribution < 1.29 is 4.74 Å². The molecule has 0 aliphatic carbocycles. The Morgan fingerprint density at radius 2 is 2.22 bits per heavy atom. The average molecular weight is 247 g/mol. The van der Waals surface area contributed by atoms with Crippen LogP contribution in [0.4, 0.5) is 0 Å². The summed E-state index contributed by atoms with van der Waals surface area (Å²) >= 11 is 0. The van der Waals surface area contributed by atoms with Crippen molar-refractivity contribution in [2.45, 2.75) is 26.3 Å². The molecule has 2 N–H and O–H groups in total. The summed E-state index contributed by atoms with van der Waals surface area (Å²) in [4.78, 5) is 6.52. The zero-order valence-corrected chi connectivity index (χ0v) is 11.5. The summed E-state index contributed by atoms with van der Waals surface area (Å²) in [5, 5.41) is 0. The molecule has 98 valence electrons. The van der Waals surface area contributed by atoms with E-state index >= 15 is 0 Å². The molecule has 0 saturated carbocycles. The van der Waals surface area contributed by atoms with Crippen LogP contribution in [0.3, 0.4) is 0 Å². The molecule has 0 fully saturated rings. The van der Waals surface area contributed by atoms with E-state index in [2.05, 4.69) is 42.8 Å². The highest BCUT2D eigenvalue weighted by atomic mass is 16.5. The van der Waals surface area contributed by atoms with E-state index < -0.39 is 0 Å². The SMILES string of the molecule is CCN1C(N)=NCC1(C)c1cc(C)ccc1OC. The van der Waals surface area contributed by atoms with Gasteiger partial charge in [0.25, 0.3) is 0 Å². The van der Waals surface area contributed by atoms with Gasteiger partial charge < -0.3 is 15.4 Å². The molecule has 0 amide bonds. The standard InChI is InChI=1S/C14H21N3O/c1-5-17-13(15)16-9-14(17,3)11-8-10(2)6-7-12(11)18-4/h6-8H,5,9H2,1-4H3,(H2,15,16). The van der Waals surface area contributed by atoms with Crippen LogP contribution in [0, 0.1) is 6.92 Å². The van der Waals surface area contributed by atoms with Crippen molar-refractivity contribution in [2.75, 3.05) is 20.2 Å². The second-order valence-electron chi connectivity index (χ2n) is 4.90. The zero-order valence-electron chi connectivity index (χ0n) is 11.5. The third kappa shape index (κ3) is 1.82. The van der Waals surface area contributed by atoms with Gasteiger partial charge in [0, 0.05) is 12.1 Å². The monoisotopic (exact) mass is 247 g/mol. The maximum atomic E-state index is 5.97. The van der Waals surface area contributed by atoms with Crippen molar-refractivity contribution >= 4 is 5.96 Å². The quantitative estimate of drug-likeness (QED) is 0.887. The number of aryl methyl sites for hydroxylation is 1. The number of guanidine groups is 1. The van der Waals surface area contributed by atoms with E-state index in [9.17, 15) is 0 Å². The van der Waals surface area contributed by atoms with E-state index in [0.717, 1.165) is 17.9 Å². The summed E-state index contributed by atoms with van der Waals surface area (Å²) in [5.74, 6) is 1.51. The zero-order chi connectivity index (χ0) is 13.3. The Labute approximate surface area is 108 Å². The Morgan fingerprint density at radius 3 is 2.83 bits per heavy atom. The molecule has 2 rings (SSSR count). The molecule has 1 aliphatic rings. The number of nitrogens with zero attached hydrogens (tertiary/aromatic N) is 2. The fourth-order valence-electron chi connectivity index (χ4n) is 2.64. The van der Waals surface area contributed by atoms with Crippen LogP contribution in [-0.2, 0) is 5.54 Å². The number of hydrogen-bond donors (Lipinski definition) is 1. The van der Waals surface area contributed by atoms with Gasteiger partial charge >= 0.3 is 0 Å². The number of methoxy groups -OCH3 is 1. The first-order chi connectivity index (χ1) is 8.52. The molecule has 0 spiro atoms. The molecule has 1 aliphatic heterocycles. The van der Waals surface area contributed by atoms with Crippen LogP contribution in [0.25, 0.3) is 0 Å². The predicted octanol–water partition coefficient (Wildman–Crippen LogP) is 1.87. The predicted molar refractivity (Wildman–Crippen MR) is 74.0 cm³/mol. The second-order valence-corrected chi connectivity index (χ2v) is 4.90. The molecular weight excluding hydrogens is 226 g/mol. The highest BCUT2D eigenvalue weighted by Gasteiger charge is 2.40. The summed E-state index contributed by atoms with van der Waals surface area (Å²) in [6.45, 7) is 7.85. The maximum absolute atomic E-state index is 5.97. The van der Waals surface area contributed by atoms with Crippen molar-refractivity contribution in [2.24, 2.45) is 10.7 Å². The van der Waals surface area contributed by atoms with E-state index in [0.29, 0.717) is 12.5 Å². The number of likely N-dealkylation sites (N-methyl/N-ethyl adjacent to an activating group) is 1. The molecule has 4 nitrogen and oxygen atoms in total. The molecule has 0 radical (unpaired) electrons. The van der Waals surface area contributed by atoms with Gasteiger partial charge in [-0.15, -0.1) is 0 Å². The Morgan fingerprint density at radius 1 is 1.50 bits per heavy atom. The third-order valence-electron chi connectivity index (χ3n) is 3.67. The first-order valence-electron chi connectivity index (χ1n) is 6.25. The first kappa shape index (κ1) is 12.7. The van der Waals surface area contributed by atoms with Crippen LogP contribution in [-0.4, -0.2) is 31.1 Å². The number of benzene rings is 1. The van der Waals surface area contributed by atoms with Crippen molar-refractivity contribution in [3.8, 4) is 5.75 Å². The van der Waals surface area contributed by atoms with Crippen LogP contribution in [0.15, 0.2) is 23.2 Å². The number of aliphatic imine (C=N–C) groups is 1. The Balaban J connectivity index is 2.51. The topological polar surface area (TPSA) is 50.8 Å². The molecule has 1 unspecified atom stereocenters. The van der Waals surface area contributed by atoms with Gasteiger partial charge in [-0.05, 0) is 32.9 Å². The first-order valence-corrected chi connectivity index (χ1v) is 6.25. The van der Waals surface area contributed by atoms with Crippen LogP contribution in [0.5, 0.6) is 5.75 Å². The highest BCUT2D eigenvalue weighted by Crippen LogP contribution is 2.38. The van der Waals surface area contributed by atoms with Gasteiger partial charge in [0.15, 0.2) is 5.96 Å². The lowest BCUT2D eigenvalue weighted by Crippen LogP contribution is -2.47. The molecule has 1 heterocycles. The molecule has 1 atom stereocenters. The second kappa shape index (κ2) is 4.52. The van der Waals surface area contributed by atoms with E-state index in [-0.39, 0.29) is 5.54 Å². The lowest BCUT2D eigenvalue weighted by Gasteiger charge is -2.36. The minimum Gasteiger partial charge on any atom is -0.496 e. The summed E-state index contributed by atoms with van der Waals surface area (Å²) in [5.41, 5.74) is 8.12. The van der Waals surface area contributed by atoms with Crippen LogP contribution in [0.1, 0.15) is 25.0 Å². The molecule has 1 aromatic rings. The Hall–Kier alpha value is -1.71. The van der Waals surface area contributed by atoms with Gasteiger partial charge in [-0.2, -0.15) is 0 Å². The van der Waals surface area contributed by atoms with E-state index in [1.54, 1.807) is 7.11 Å². The van der Waals surface area contributed by atoms with Crippen molar-refractivity contribution in [1.82, 2.24) is 4.90 Å². The van der Waals surface area contributed by atoms with Crippen molar-refractivity contribution in [3.63, 3.8) is 0 Å². The maximum Gasteiger partial charge on any atom is 0.192 e. The largest absolute Gasteiger partial charge is 0.496 e. The third-order valence-corrected chi connectivity index (χ3v) is 3.67. The lowest BCUT2D eigenvalue weighted by atomic mass is 9.89. The molecule has 0 saturated heterocycles. The van der Waals surface area contributed by atoms with Crippen molar-refractivity contribution in [3.05, 3.63) is 29.3 Å². The normalized spacial score (nSPS) is 23.1. The van der Waals surface area contributed by atoms with Crippen LogP contribution >= 0.6 is 0 Å². The minimum atomic E-state index is -0.212. The Kier molecular flexibility index (Phi) is 3.20. The number of hydrogen-bond acceptors (Lipinski definition) is 4. The van der Waals surface area contributed by atoms with E-state index in [1.165, 1.54) is 5.56 Å². The molecule has 18 heavy (non-hydrogen) atoms. The summed E-state index contributed by atoms with van der Waals surface area (Å²) in [7, 11) is 1.70. The van der Waals surface area contributed by atoms with Gasteiger partial charge in [-0.25, -0.2) is 0 Å². The van der Waals surface area contributed by atoms with Gasteiger partial charge in [-0.1, -0.05) is 11.6 Å².